The highest BCUT2D eigenvalue weighted by molar-refractivity contribution is 6.18. The number of anilines is 2. The monoisotopic (exact) mass is 539 g/mol. The molecule has 6 heteroatoms. The van der Waals surface area contributed by atoms with Crippen molar-refractivity contribution in [1.29, 1.82) is 0 Å². The van der Waals surface area contributed by atoms with Crippen molar-refractivity contribution in [3.63, 3.8) is 0 Å². The van der Waals surface area contributed by atoms with Gasteiger partial charge in [-0.25, -0.2) is 0 Å². The van der Waals surface area contributed by atoms with E-state index in [1.165, 1.54) is 6.20 Å². The van der Waals surface area contributed by atoms with E-state index in [9.17, 15) is 14.4 Å². The molecule has 1 fully saturated rings. The maximum atomic E-state index is 14.7. The van der Waals surface area contributed by atoms with Crippen molar-refractivity contribution in [3.05, 3.63) is 131 Å². The lowest BCUT2D eigenvalue weighted by Gasteiger charge is -2.39. The summed E-state index contributed by atoms with van der Waals surface area (Å²) in [6, 6.07) is 23.1. The number of allylic oxidation sites excluding steroid dienone is 1. The molecule has 202 valence electrons. The van der Waals surface area contributed by atoms with Crippen LogP contribution in [0.25, 0.3) is 5.57 Å². The highest BCUT2D eigenvalue weighted by Crippen LogP contribution is 2.58. The molecule has 4 heterocycles. The molecule has 4 aromatic rings. The Kier molecular flexibility index (Phi) is 5.58. The first-order chi connectivity index (χ1) is 19.8. The molecule has 4 atom stereocenters. The molecular weight excluding hydrogens is 510 g/mol. The number of carbonyl (C=O) groups excluding carboxylic acids is 3. The second-order valence-corrected chi connectivity index (χ2v) is 11.3. The SMILES string of the molecule is CC1=C[C@@H]2N(c3ccc(C)cc31)[C@H](C(=O)c1ccc(C)cc1)[C@@H](C(=O)c1cccnc1)[C@]21C(=O)Nc2ccccc21. The summed E-state index contributed by atoms with van der Waals surface area (Å²) in [6.07, 6.45) is 5.22. The number of aryl methyl sites for hydroxylation is 2. The van der Waals surface area contributed by atoms with E-state index in [0.29, 0.717) is 16.8 Å². The van der Waals surface area contributed by atoms with Crippen LogP contribution in [0.3, 0.4) is 0 Å². The molecular formula is C35H29N3O3. The zero-order valence-electron chi connectivity index (χ0n) is 23.1. The van der Waals surface area contributed by atoms with E-state index in [4.69, 9.17) is 0 Å². The number of pyridine rings is 1. The number of nitrogens with zero attached hydrogens (tertiary/aromatic N) is 2. The van der Waals surface area contributed by atoms with Gasteiger partial charge in [0.2, 0.25) is 5.91 Å². The van der Waals surface area contributed by atoms with Crippen LogP contribution < -0.4 is 10.2 Å². The van der Waals surface area contributed by atoms with Gasteiger partial charge in [0.05, 0.1) is 12.0 Å². The minimum atomic E-state index is -1.33. The third-order valence-corrected chi connectivity index (χ3v) is 8.97. The van der Waals surface area contributed by atoms with Crippen LogP contribution in [-0.2, 0) is 10.2 Å². The number of Topliss-reactive ketones (excluding diaryl/α,β-unsaturated/α-hetero) is 2. The molecule has 3 aromatic carbocycles. The third kappa shape index (κ3) is 3.50. The van der Waals surface area contributed by atoms with Crippen molar-refractivity contribution in [2.75, 3.05) is 10.2 Å². The van der Waals surface area contributed by atoms with Gasteiger partial charge in [0.15, 0.2) is 11.6 Å². The average molecular weight is 540 g/mol. The maximum absolute atomic E-state index is 14.7. The Hall–Kier alpha value is -4.84. The summed E-state index contributed by atoms with van der Waals surface area (Å²) in [4.78, 5) is 50.1. The Bertz CT molecular complexity index is 1780. The molecule has 6 nitrogen and oxygen atoms in total. The molecule has 41 heavy (non-hydrogen) atoms. The van der Waals surface area contributed by atoms with Crippen molar-refractivity contribution >= 4 is 34.4 Å². The van der Waals surface area contributed by atoms with E-state index in [2.05, 4.69) is 22.4 Å². The normalized spacial score (nSPS) is 23.9. The Morgan fingerprint density at radius 1 is 0.854 bits per heavy atom. The van der Waals surface area contributed by atoms with Crippen LogP contribution in [0.2, 0.25) is 0 Å². The topological polar surface area (TPSA) is 79.4 Å². The highest BCUT2D eigenvalue weighted by Gasteiger charge is 2.70. The van der Waals surface area contributed by atoms with Crippen LogP contribution >= 0.6 is 0 Å². The third-order valence-electron chi connectivity index (χ3n) is 8.97. The molecule has 7 rings (SSSR count). The molecule has 1 spiro atoms. The fourth-order valence-electron chi connectivity index (χ4n) is 7.12. The molecule has 1 N–H and O–H groups in total. The van der Waals surface area contributed by atoms with Gasteiger partial charge < -0.3 is 10.2 Å². The number of rotatable bonds is 4. The van der Waals surface area contributed by atoms with Gasteiger partial charge in [0, 0.05) is 40.5 Å². The van der Waals surface area contributed by atoms with E-state index >= 15 is 0 Å². The number of aromatic nitrogens is 1. The second-order valence-electron chi connectivity index (χ2n) is 11.3. The molecule has 3 aliphatic heterocycles. The molecule has 0 radical (unpaired) electrons. The zero-order chi connectivity index (χ0) is 28.5. The molecule has 1 amide bonds. The van der Waals surface area contributed by atoms with Crippen molar-refractivity contribution < 1.29 is 14.4 Å². The molecule has 1 aromatic heterocycles. The van der Waals surface area contributed by atoms with Crippen LogP contribution in [0.15, 0.2) is 97.3 Å². The summed E-state index contributed by atoms with van der Waals surface area (Å²) < 4.78 is 0. The van der Waals surface area contributed by atoms with Crippen LogP contribution in [0.5, 0.6) is 0 Å². The van der Waals surface area contributed by atoms with Crippen molar-refractivity contribution in [2.24, 2.45) is 5.92 Å². The van der Waals surface area contributed by atoms with Crippen LogP contribution in [-0.4, -0.2) is 34.5 Å². The number of carbonyl (C=O) groups is 3. The minimum Gasteiger partial charge on any atom is -0.352 e. The number of para-hydroxylation sites is 1. The Morgan fingerprint density at radius 2 is 1.61 bits per heavy atom. The van der Waals surface area contributed by atoms with Gasteiger partial charge in [-0.2, -0.15) is 0 Å². The molecule has 0 aliphatic carbocycles. The number of hydrogen-bond acceptors (Lipinski definition) is 5. The average Bonchev–Trinajstić information content (AvgIpc) is 3.45. The Morgan fingerprint density at radius 3 is 2.37 bits per heavy atom. The summed E-state index contributed by atoms with van der Waals surface area (Å²) in [7, 11) is 0. The Balaban J connectivity index is 1.56. The predicted octanol–water partition coefficient (Wildman–Crippen LogP) is 5.94. The van der Waals surface area contributed by atoms with E-state index in [1.807, 2.05) is 86.3 Å². The molecule has 0 saturated carbocycles. The van der Waals surface area contributed by atoms with Crippen molar-refractivity contribution in [3.8, 4) is 0 Å². The van der Waals surface area contributed by atoms with Gasteiger partial charge >= 0.3 is 0 Å². The van der Waals surface area contributed by atoms with Gasteiger partial charge in [0.1, 0.15) is 11.5 Å². The Labute approximate surface area is 238 Å². The molecule has 0 bridgehead atoms. The van der Waals surface area contributed by atoms with E-state index < -0.39 is 23.4 Å². The van der Waals surface area contributed by atoms with Gasteiger partial charge in [0.25, 0.3) is 0 Å². The smallest absolute Gasteiger partial charge is 0.238 e. The summed E-state index contributed by atoms with van der Waals surface area (Å²) in [5.41, 5.74) is 5.95. The first-order valence-corrected chi connectivity index (χ1v) is 13.9. The number of ketones is 2. The number of nitrogens with one attached hydrogen (secondary N) is 1. The van der Waals surface area contributed by atoms with Gasteiger partial charge in [-0.1, -0.05) is 65.7 Å². The van der Waals surface area contributed by atoms with Crippen molar-refractivity contribution in [1.82, 2.24) is 4.98 Å². The first-order valence-electron chi connectivity index (χ1n) is 13.9. The van der Waals surface area contributed by atoms with Crippen LogP contribution in [0.4, 0.5) is 11.4 Å². The molecule has 3 aliphatic rings. The van der Waals surface area contributed by atoms with Gasteiger partial charge in [-0.3, -0.25) is 19.4 Å². The standard InChI is InChI=1S/C35H29N3O3/c1-20-10-13-23(14-11-20)33(40)31-30(32(39)24-7-6-16-36-19-24)35(26-8-4-5-9-27(26)37-34(35)41)29-18-22(3)25-17-21(2)12-15-28(25)38(29)31/h4-19,29-31H,1-3H3,(H,37,41)/t29-,30-,31-,35+/m0/s1. The molecule has 0 unspecified atom stereocenters. The number of fused-ring (bicyclic) bond motifs is 6. The quantitative estimate of drug-likeness (QED) is 0.325. The largest absolute Gasteiger partial charge is 0.352 e. The van der Waals surface area contributed by atoms with E-state index in [-0.39, 0.29) is 17.5 Å². The van der Waals surface area contributed by atoms with Crippen molar-refractivity contribution in [2.45, 2.75) is 38.3 Å². The lowest BCUT2D eigenvalue weighted by molar-refractivity contribution is -0.121. The van der Waals surface area contributed by atoms with Crippen LogP contribution in [0, 0.1) is 19.8 Å². The fourth-order valence-corrected chi connectivity index (χ4v) is 7.12. The maximum Gasteiger partial charge on any atom is 0.238 e. The summed E-state index contributed by atoms with van der Waals surface area (Å²) in [6.45, 7) is 6.05. The first kappa shape index (κ1) is 25.1. The summed E-state index contributed by atoms with van der Waals surface area (Å²) in [5.74, 6) is -1.74. The predicted molar refractivity (Wildman–Crippen MR) is 159 cm³/mol. The number of hydrogen-bond donors (Lipinski definition) is 1. The fraction of sp³-hybridized carbons (Fsp3) is 0.200. The van der Waals surface area contributed by atoms with Gasteiger partial charge in [-0.05, 0) is 62.2 Å². The summed E-state index contributed by atoms with van der Waals surface area (Å²) >= 11 is 0. The van der Waals surface area contributed by atoms with Gasteiger partial charge in [-0.15, -0.1) is 0 Å². The van der Waals surface area contributed by atoms with E-state index in [1.54, 1.807) is 18.3 Å². The summed E-state index contributed by atoms with van der Waals surface area (Å²) in [5, 5.41) is 3.08. The molecule has 1 saturated heterocycles. The minimum absolute atomic E-state index is 0.189. The zero-order valence-corrected chi connectivity index (χ0v) is 23.1. The lowest BCUT2D eigenvalue weighted by atomic mass is 9.64. The highest BCUT2D eigenvalue weighted by atomic mass is 16.2. The number of amides is 1. The lowest BCUT2D eigenvalue weighted by Crippen LogP contribution is -2.51. The van der Waals surface area contributed by atoms with E-state index in [0.717, 1.165) is 33.5 Å². The van der Waals surface area contributed by atoms with Crippen LogP contribution in [0.1, 0.15) is 49.9 Å². The number of benzene rings is 3. The second kappa shape index (κ2) is 9.10.